The van der Waals surface area contributed by atoms with Gasteiger partial charge in [0.25, 0.3) is 0 Å². The van der Waals surface area contributed by atoms with Crippen molar-refractivity contribution in [3.05, 3.63) is 48.0 Å². The van der Waals surface area contributed by atoms with Gasteiger partial charge in [-0.3, -0.25) is 0 Å². The maximum atomic E-state index is 6.18. The van der Waals surface area contributed by atoms with Crippen molar-refractivity contribution in [2.24, 2.45) is 0 Å². The average Bonchev–Trinajstić information content (AvgIpc) is 2.53. The zero-order chi connectivity index (χ0) is 13.8. The predicted octanol–water partition coefficient (Wildman–Crippen LogP) is 2.63. The van der Waals surface area contributed by atoms with Crippen LogP contribution in [0.1, 0.15) is 18.9 Å². The van der Waals surface area contributed by atoms with Gasteiger partial charge in [0.2, 0.25) is 0 Å². The van der Waals surface area contributed by atoms with E-state index in [9.17, 15) is 0 Å². The predicted molar refractivity (Wildman–Crippen MR) is 81.7 cm³/mol. The molecule has 0 aromatic heterocycles. The van der Waals surface area contributed by atoms with Crippen LogP contribution in [0.15, 0.2) is 42.5 Å². The molecule has 1 saturated heterocycles. The van der Waals surface area contributed by atoms with E-state index in [0.29, 0.717) is 0 Å². The van der Waals surface area contributed by atoms with Gasteiger partial charge in [-0.2, -0.15) is 0 Å². The number of piperazine rings is 1. The molecule has 20 heavy (non-hydrogen) atoms. The highest BCUT2D eigenvalue weighted by Crippen LogP contribution is 2.31. The zero-order valence-corrected chi connectivity index (χ0v) is 11.9. The lowest BCUT2D eigenvalue weighted by atomic mass is 9.94. The van der Waals surface area contributed by atoms with E-state index in [4.69, 9.17) is 10.1 Å². The lowest BCUT2D eigenvalue weighted by molar-refractivity contribution is -0.0860. The first-order valence-electron chi connectivity index (χ1n) is 7.37. The zero-order valence-electron chi connectivity index (χ0n) is 11.9. The normalized spacial score (nSPS) is 23.1. The summed E-state index contributed by atoms with van der Waals surface area (Å²) in [4.78, 5) is 0. The first-order chi connectivity index (χ1) is 9.86. The molecule has 1 radical (unpaired) electrons. The van der Waals surface area contributed by atoms with E-state index in [-0.39, 0.29) is 0 Å². The Labute approximate surface area is 120 Å². The first kappa shape index (κ1) is 13.6. The van der Waals surface area contributed by atoms with Gasteiger partial charge in [0.1, 0.15) is 0 Å². The van der Waals surface area contributed by atoms with Gasteiger partial charge in [0, 0.05) is 31.8 Å². The van der Waals surface area contributed by atoms with Crippen molar-refractivity contribution in [1.82, 2.24) is 10.6 Å². The third kappa shape index (κ3) is 2.44. The van der Waals surface area contributed by atoms with Crippen molar-refractivity contribution in [2.45, 2.75) is 19.1 Å². The van der Waals surface area contributed by atoms with Gasteiger partial charge in [-0.1, -0.05) is 49.4 Å². The van der Waals surface area contributed by atoms with Crippen LogP contribution >= 0.6 is 0 Å². The second kappa shape index (κ2) is 5.92. The molecular formula is C17H21N2O. The number of rotatable bonds is 4. The Balaban J connectivity index is 2.08. The molecule has 0 aliphatic carbocycles. The molecule has 1 atom stereocenters. The molecule has 0 amide bonds. The molecule has 1 aliphatic heterocycles. The van der Waals surface area contributed by atoms with Crippen LogP contribution in [0.2, 0.25) is 0 Å². The van der Waals surface area contributed by atoms with Gasteiger partial charge in [-0.15, -0.1) is 0 Å². The van der Waals surface area contributed by atoms with Crippen LogP contribution in [-0.2, 0) is 10.5 Å². The summed E-state index contributed by atoms with van der Waals surface area (Å²) in [7, 11) is 0. The van der Waals surface area contributed by atoms with Crippen LogP contribution in [0.5, 0.6) is 0 Å². The molecule has 1 heterocycles. The van der Waals surface area contributed by atoms with Gasteiger partial charge < -0.3 is 10.1 Å². The van der Waals surface area contributed by atoms with Crippen molar-refractivity contribution in [3.63, 3.8) is 0 Å². The summed E-state index contributed by atoms with van der Waals surface area (Å²) in [6.45, 7) is 5.34. The van der Waals surface area contributed by atoms with E-state index in [0.717, 1.165) is 32.7 Å². The summed E-state index contributed by atoms with van der Waals surface area (Å²) in [5, 5.41) is 10.7. The first-order valence-corrected chi connectivity index (χ1v) is 7.37. The summed E-state index contributed by atoms with van der Waals surface area (Å²) < 4.78 is 6.18. The Bertz CT molecular complexity index is 571. The Morgan fingerprint density at radius 2 is 2.05 bits per heavy atom. The van der Waals surface area contributed by atoms with E-state index in [1.54, 1.807) is 0 Å². The van der Waals surface area contributed by atoms with Gasteiger partial charge in [-0.05, 0) is 17.2 Å². The van der Waals surface area contributed by atoms with Crippen molar-refractivity contribution in [2.75, 3.05) is 26.2 Å². The van der Waals surface area contributed by atoms with Gasteiger partial charge in [-0.25, -0.2) is 5.32 Å². The van der Waals surface area contributed by atoms with E-state index in [1.807, 2.05) is 0 Å². The lowest BCUT2D eigenvalue weighted by Gasteiger charge is -2.38. The molecule has 1 aliphatic rings. The summed E-state index contributed by atoms with van der Waals surface area (Å²) in [6.07, 6.45) is 1.00. The Morgan fingerprint density at radius 3 is 2.85 bits per heavy atom. The molecule has 1 unspecified atom stereocenters. The van der Waals surface area contributed by atoms with Crippen LogP contribution in [-0.4, -0.2) is 26.2 Å². The Morgan fingerprint density at radius 1 is 1.20 bits per heavy atom. The SMILES string of the molecule is CCCOC1(c2cccc3ccccc23)CNCC[N]1. The molecule has 105 valence electrons. The standard InChI is InChI=1S/C17H21N2O/c1-2-12-20-17(13-18-10-11-19-17)16-9-5-7-14-6-3-4-8-15(14)16/h3-9,18H,2,10-13H2,1H3. The van der Waals surface area contributed by atoms with E-state index >= 15 is 0 Å². The van der Waals surface area contributed by atoms with Crippen LogP contribution in [0.3, 0.4) is 0 Å². The highest BCUT2D eigenvalue weighted by molar-refractivity contribution is 5.86. The van der Waals surface area contributed by atoms with E-state index in [1.165, 1.54) is 16.3 Å². The number of benzene rings is 2. The third-order valence-electron chi connectivity index (χ3n) is 3.78. The quantitative estimate of drug-likeness (QED) is 0.926. The topological polar surface area (TPSA) is 35.4 Å². The van der Waals surface area contributed by atoms with Crippen molar-refractivity contribution in [1.29, 1.82) is 0 Å². The van der Waals surface area contributed by atoms with Crippen molar-refractivity contribution < 1.29 is 4.74 Å². The molecule has 0 saturated carbocycles. The van der Waals surface area contributed by atoms with E-state index < -0.39 is 5.72 Å². The van der Waals surface area contributed by atoms with Gasteiger partial charge in [0.15, 0.2) is 5.72 Å². The van der Waals surface area contributed by atoms with Crippen molar-refractivity contribution in [3.8, 4) is 0 Å². The molecule has 3 heteroatoms. The number of nitrogens with zero attached hydrogens (tertiary/aromatic N) is 1. The number of hydrogen-bond acceptors (Lipinski definition) is 2. The summed E-state index contributed by atoms with van der Waals surface area (Å²) in [6, 6.07) is 14.8. The molecule has 3 rings (SSSR count). The second-order valence-electron chi connectivity index (χ2n) is 5.22. The summed E-state index contributed by atoms with van der Waals surface area (Å²) in [5.41, 5.74) is 0.644. The fourth-order valence-electron chi connectivity index (χ4n) is 2.82. The Hall–Kier alpha value is -1.42. The molecule has 1 N–H and O–H groups in total. The number of fused-ring (bicyclic) bond motifs is 1. The molecule has 1 fully saturated rings. The van der Waals surface area contributed by atoms with Crippen molar-refractivity contribution >= 4 is 10.8 Å². The van der Waals surface area contributed by atoms with Gasteiger partial charge >= 0.3 is 0 Å². The lowest BCUT2D eigenvalue weighted by Crippen LogP contribution is -2.54. The minimum Gasteiger partial charge on any atom is -0.353 e. The highest BCUT2D eigenvalue weighted by atomic mass is 16.5. The van der Waals surface area contributed by atoms with Gasteiger partial charge in [0.05, 0.1) is 0 Å². The number of ether oxygens (including phenoxy) is 1. The average molecular weight is 269 g/mol. The molecule has 2 aromatic carbocycles. The molecule has 2 aromatic rings. The second-order valence-corrected chi connectivity index (χ2v) is 5.22. The fourth-order valence-corrected chi connectivity index (χ4v) is 2.82. The summed E-state index contributed by atoms with van der Waals surface area (Å²) >= 11 is 0. The van der Waals surface area contributed by atoms with Crippen LogP contribution in [0, 0.1) is 0 Å². The maximum absolute atomic E-state index is 6.18. The molecular weight excluding hydrogens is 248 g/mol. The minimum absolute atomic E-state index is 0.533. The maximum Gasteiger partial charge on any atom is 0.173 e. The molecule has 3 nitrogen and oxygen atoms in total. The minimum atomic E-state index is -0.533. The van der Waals surface area contributed by atoms with Crippen LogP contribution < -0.4 is 10.6 Å². The highest BCUT2D eigenvalue weighted by Gasteiger charge is 2.37. The van der Waals surface area contributed by atoms with E-state index in [2.05, 4.69) is 54.7 Å². The molecule has 0 spiro atoms. The number of hydrogen-bond donors (Lipinski definition) is 1. The monoisotopic (exact) mass is 269 g/mol. The third-order valence-corrected chi connectivity index (χ3v) is 3.78. The fraction of sp³-hybridized carbons (Fsp3) is 0.412. The number of nitrogens with one attached hydrogen (secondary N) is 1. The van der Waals surface area contributed by atoms with Crippen LogP contribution in [0.4, 0.5) is 0 Å². The summed E-state index contributed by atoms with van der Waals surface area (Å²) in [5.74, 6) is 0. The smallest absolute Gasteiger partial charge is 0.173 e. The molecule has 0 bridgehead atoms. The largest absolute Gasteiger partial charge is 0.353 e. The Kier molecular flexibility index (Phi) is 4.01. The van der Waals surface area contributed by atoms with Crippen LogP contribution in [0.25, 0.3) is 10.8 Å².